The minimum atomic E-state index is -0.475. The van der Waals surface area contributed by atoms with Crippen molar-refractivity contribution in [2.24, 2.45) is 5.92 Å². The summed E-state index contributed by atoms with van der Waals surface area (Å²) >= 11 is 0. The second-order valence-electron chi connectivity index (χ2n) is 5.91. The van der Waals surface area contributed by atoms with Gasteiger partial charge in [0.1, 0.15) is 0 Å². The van der Waals surface area contributed by atoms with E-state index in [1.165, 1.54) is 0 Å². The molecule has 3 amide bonds. The van der Waals surface area contributed by atoms with Crippen LogP contribution in [0.25, 0.3) is 16.0 Å². The molecule has 0 bridgehead atoms. The minimum absolute atomic E-state index is 0. The molecule has 0 radical (unpaired) electrons. The van der Waals surface area contributed by atoms with E-state index in [-0.39, 0.29) is 199 Å². The summed E-state index contributed by atoms with van der Waals surface area (Å²) in [6.07, 6.45) is 0.849. The van der Waals surface area contributed by atoms with Crippen LogP contribution in [0.15, 0.2) is 0 Å². The van der Waals surface area contributed by atoms with Crippen LogP contribution in [-0.4, -0.2) is 50.1 Å². The van der Waals surface area contributed by atoms with Gasteiger partial charge in [-0.25, -0.2) is 0 Å². The molecule has 0 saturated carbocycles. The summed E-state index contributed by atoms with van der Waals surface area (Å²) in [5.41, 5.74) is 0. The van der Waals surface area contributed by atoms with Crippen LogP contribution in [0.3, 0.4) is 0 Å². The van der Waals surface area contributed by atoms with Crippen molar-refractivity contribution in [3.05, 3.63) is 16.0 Å². The van der Waals surface area contributed by atoms with Gasteiger partial charge in [-0.2, -0.15) is 0 Å². The van der Waals surface area contributed by atoms with Crippen LogP contribution in [-0.2, 0) is 19.1 Å². The summed E-state index contributed by atoms with van der Waals surface area (Å²) in [6, 6.07) is -0.114. The first kappa shape index (κ1) is 37.1. The molecule has 7 nitrogen and oxygen atoms in total. The van der Waals surface area contributed by atoms with Gasteiger partial charge < -0.3 is 35.1 Å². The van der Waals surface area contributed by atoms with Crippen LogP contribution >= 0.6 is 0 Å². The Morgan fingerprint density at radius 2 is 1.38 bits per heavy atom. The second kappa shape index (κ2) is 25.0. The third kappa shape index (κ3) is 27.8. The molecule has 0 heterocycles. The van der Waals surface area contributed by atoms with Gasteiger partial charge in [0.25, 0.3) is 0 Å². The summed E-state index contributed by atoms with van der Waals surface area (Å²) in [6.45, 7) is 8.94. The van der Waals surface area contributed by atoms with Gasteiger partial charge in [-0.05, 0) is 18.8 Å². The third-order valence-corrected chi connectivity index (χ3v) is 2.55. The molecule has 0 N–H and O–H groups in total. The topological polar surface area (TPSA) is 103 Å². The quantitative estimate of drug-likeness (QED) is 0.169. The van der Waals surface area contributed by atoms with E-state index in [9.17, 15) is 14.4 Å². The van der Waals surface area contributed by atoms with E-state index in [1.807, 2.05) is 13.8 Å². The number of carbonyl (C=O) groups is 3. The standard InChI is InChI=1S/C16H31N3O4.3Rb/c1-12(2)10-14(20)17-6-5-8-23-9-7-18-15(21)11-16(22)19-13(3)4;;;/h12-13H,5-11H2,1-4H3,(H3,17,18,19,20,21,22);;;/q;3*+1/p-3. The van der Waals surface area contributed by atoms with E-state index in [0.717, 1.165) is 0 Å². The number of hydrogen-bond donors (Lipinski definition) is 0. The Morgan fingerprint density at radius 1 is 0.808 bits per heavy atom. The number of ether oxygens (including phenoxy) is 1. The summed E-state index contributed by atoms with van der Waals surface area (Å²) in [5.74, 6) is -0.668. The fourth-order valence-corrected chi connectivity index (χ4v) is 1.64. The van der Waals surface area contributed by atoms with Crippen LogP contribution in [0.1, 0.15) is 47.0 Å². The van der Waals surface area contributed by atoms with Gasteiger partial charge in [0.2, 0.25) is 0 Å². The maximum absolute atomic E-state index is 11.4. The second-order valence-corrected chi connectivity index (χ2v) is 5.91. The van der Waals surface area contributed by atoms with Crippen molar-refractivity contribution in [3.8, 4) is 0 Å². The largest absolute Gasteiger partial charge is 1.00 e. The summed E-state index contributed by atoms with van der Waals surface area (Å²) in [5, 5.41) is 11.4. The van der Waals surface area contributed by atoms with Crippen LogP contribution in [0.2, 0.25) is 0 Å². The van der Waals surface area contributed by atoms with Crippen LogP contribution in [0.5, 0.6) is 0 Å². The van der Waals surface area contributed by atoms with Crippen molar-refractivity contribution in [2.45, 2.75) is 53.0 Å². The van der Waals surface area contributed by atoms with Crippen molar-refractivity contribution in [2.75, 3.05) is 26.3 Å². The van der Waals surface area contributed by atoms with Gasteiger partial charge in [-0.3, -0.25) is 0 Å². The Bertz CT molecular complexity index is 384. The van der Waals surface area contributed by atoms with Gasteiger partial charge in [0.05, 0.1) is 17.7 Å². The van der Waals surface area contributed by atoms with Crippen molar-refractivity contribution >= 4 is 17.7 Å². The van der Waals surface area contributed by atoms with E-state index in [4.69, 9.17) is 4.74 Å². The van der Waals surface area contributed by atoms with Crippen molar-refractivity contribution in [3.63, 3.8) is 0 Å². The Hall–Kier alpha value is 3.79. The summed E-state index contributed by atoms with van der Waals surface area (Å²) < 4.78 is 5.29. The van der Waals surface area contributed by atoms with E-state index in [0.29, 0.717) is 38.5 Å². The molecule has 0 unspecified atom stereocenters. The van der Waals surface area contributed by atoms with Gasteiger partial charge >= 0.3 is 175 Å². The molecule has 134 valence electrons. The van der Waals surface area contributed by atoms with Crippen LogP contribution in [0.4, 0.5) is 0 Å². The monoisotopic (exact) mass is 581 g/mol. The molecule has 0 spiro atoms. The Kier molecular flexibility index (Phi) is 35.8. The molecule has 10 heteroatoms. The minimum Gasteiger partial charge on any atom is -0.653 e. The number of nitrogens with zero attached hydrogens (tertiary/aromatic N) is 3. The fourth-order valence-electron chi connectivity index (χ4n) is 1.64. The van der Waals surface area contributed by atoms with E-state index in [1.54, 1.807) is 13.8 Å². The molecule has 0 saturated heterocycles. The zero-order chi connectivity index (χ0) is 17.7. The number of carbonyl (C=O) groups excluding carboxylic acids is 3. The van der Waals surface area contributed by atoms with Crippen molar-refractivity contribution in [1.29, 1.82) is 0 Å². The summed E-state index contributed by atoms with van der Waals surface area (Å²) in [7, 11) is 0. The van der Waals surface area contributed by atoms with E-state index >= 15 is 0 Å². The predicted octanol–water partition coefficient (Wildman–Crippen LogP) is -6.05. The number of hydrogen-bond acceptors (Lipinski definition) is 4. The number of amides is 3. The molecule has 0 atom stereocenters. The van der Waals surface area contributed by atoms with Crippen molar-refractivity contribution in [1.82, 2.24) is 0 Å². The smallest absolute Gasteiger partial charge is 0.653 e. The zero-order valence-corrected chi connectivity index (χ0v) is 32.3. The normalized spacial score (nSPS) is 9.46. The molecular weight excluding hydrogens is 555 g/mol. The van der Waals surface area contributed by atoms with Crippen LogP contribution in [0, 0.1) is 5.92 Å². The molecule has 0 aliphatic rings. The van der Waals surface area contributed by atoms with Crippen molar-refractivity contribution < 1.29 is 194 Å². The fraction of sp³-hybridized carbons (Fsp3) is 0.812. The Balaban J connectivity index is -0.000000807. The molecule has 0 fully saturated rings. The maximum atomic E-state index is 11.4. The Labute approximate surface area is 304 Å². The SMILES string of the molecule is CC(C)CC(=O)[N-]CCCOCC[N-]C(=O)CC(=O)[N-]C(C)C.[Rb+].[Rb+].[Rb+]. The molecule has 0 aliphatic carbocycles. The molecule has 0 aliphatic heterocycles. The molecule has 0 aromatic carbocycles. The van der Waals surface area contributed by atoms with Gasteiger partial charge in [0, 0.05) is 19.6 Å². The molecule has 0 aromatic rings. The van der Waals surface area contributed by atoms with E-state index < -0.39 is 11.8 Å². The van der Waals surface area contributed by atoms with Gasteiger partial charge in [-0.15, -0.1) is 19.1 Å². The molecule has 0 rings (SSSR count). The molecular formula is C16H28N3O4Rb3. The first-order chi connectivity index (χ1) is 10.8. The first-order valence-corrected chi connectivity index (χ1v) is 8.03. The molecule has 0 aromatic heterocycles. The third-order valence-electron chi connectivity index (χ3n) is 2.55. The average Bonchev–Trinajstić information content (AvgIpc) is 2.39. The van der Waals surface area contributed by atoms with Crippen LogP contribution < -0.4 is 175 Å². The zero-order valence-electron chi connectivity index (χ0n) is 17.6. The maximum Gasteiger partial charge on any atom is 1.00 e. The van der Waals surface area contributed by atoms with Gasteiger partial charge in [-0.1, -0.05) is 27.7 Å². The Morgan fingerprint density at radius 3 is 1.92 bits per heavy atom. The number of rotatable bonds is 12. The van der Waals surface area contributed by atoms with E-state index in [2.05, 4.69) is 16.0 Å². The first-order valence-electron chi connectivity index (χ1n) is 8.03. The summed E-state index contributed by atoms with van der Waals surface area (Å²) in [4.78, 5) is 34.0. The molecule has 26 heavy (non-hydrogen) atoms. The predicted molar refractivity (Wildman–Crippen MR) is 89.5 cm³/mol. The average molecular weight is 583 g/mol. The van der Waals surface area contributed by atoms with Gasteiger partial charge in [0.15, 0.2) is 0 Å².